The van der Waals surface area contributed by atoms with Crippen molar-refractivity contribution in [1.29, 1.82) is 0 Å². The maximum absolute atomic E-state index is 12.7. The SMILES string of the molecule is COc1ccc(CCC(=O)N2CCN(c3ccc(C(=O)c4ccccc4)cc3[N+](=O)[O-])CC2)cc1. The molecule has 0 unspecified atom stereocenters. The Hall–Kier alpha value is -4.20. The Kier molecular flexibility index (Phi) is 7.40. The van der Waals surface area contributed by atoms with Crippen LogP contribution in [0.2, 0.25) is 0 Å². The zero-order chi connectivity index (χ0) is 24.8. The van der Waals surface area contributed by atoms with Crippen LogP contribution in [-0.4, -0.2) is 54.8 Å². The summed E-state index contributed by atoms with van der Waals surface area (Å²) in [5.74, 6) is 0.592. The molecule has 3 aromatic rings. The zero-order valence-corrected chi connectivity index (χ0v) is 19.6. The molecular weight excluding hydrogens is 446 g/mol. The number of rotatable bonds is 8. The average Bonchev–Trinajstić information content (AvgIpc) is 2.91. The molecule has 1 amide bonds. The highest BCUT2D eigenvalue weighted by atomic mass is 16.6. The van der Waals surface area contributed by atoms with E-state index >= 15 is 0 Å². The summed E-state index contributed by atoms with van der Waals surface area (Å²) in [5.41, 5.74) is 2.19. The van der Waals surface area contributed by atoms with Crippen molar-refractivity contribution in [2.45, 2.75) is 12.8 Å². The smallest absolute Gasteiger partial charge is 0.293 e. The lowest BCUT2D eigenvalue weighted by molar-refractivity contribution is -0.384. The Labute approximate surface area is 203 Å². The van der Waals surface area contributed by atoms with Crippen LogP contribution in [0.15, 0.2) is 72.8 Å². The Balaban J connectivity index is 1.38. The number of nitrogens with zero attached hydrogens (tertiary/aromatic N) is 3. The van der Waals surface area contributed by atoms with Gasteiger partial charge >= 0.3 is 0 Å². The molecule has 8 nitrogen and oxygen atoms in total. The summed E-state index contributed by atoms with van der Waals surface area (Å²) < 4.78 is 5.16. The van der Waals surface area contributed by atoms with Crippen molar-refractivity contribution in [3.8, 4) is 5.75 Å². The number of piperazine rings is 1. The van der Waals surface area contributed by atoms with Crippen LogP contribution in [0, 0.1) is 10.1 Å². The first-order chi connectivity index (χ1) is 17.0. The molecule has 3 aromatic carbocycles. The third kappa shape index (κ3) is 5.66. The van der Waals surface area contributed by atoms with Gasteiger partial charge in [-0.05, 0) is 36.2 Å². The Morgan fingerprint density at radius 2 is 1.60 bits per heavy atom. The number of aryl methyl sites for hydroxylation is 1. The second-order valence-corrected chi connectivity index (χ2v) is 8.37. The molecule has 0 saturated carbocycles. The summed E-state index contributed by atoms with van der Waals surface area (Å²) in [6, 6.07) is 21.0. The van der Waals surface area contributed by atoms with Crippen LogP contribution < -0.4 is 9.64 Å². The van der Waals surface area contributed by atoms with E-state index in [1.54, 1.807) is 48.4 Å². The van der Waals surface area contributed by atoms with E-state index in [2.05, 4.69) is 0 Å². The van der Waals surface area contributed by atoms with Gasteiger partial charge in [0, 0.05) is 49.8 Å². The minimum absolute atomic E-state index is 0.0683. The predicted molar refractivity (Wildman–Crippen MR) is 133 cm³/mol. The highest BCUT2D eigenvalue weighted by Gasteiger charge is 2.27. The van der Waals surface area contributed by atoms with Crippen molar-refractivity contribution in [3.05, 3.63) is 99.6 Å². The van der Waals surface area contributed by atoms with E-state index in [0.29, 0.717) is 50.3 Å². The number of benzene rings is 3. The van der Waals surface area contributed by atoms with Gasteiger partial charge in [0.1, 0.15) is 11.4 Å². The molecule has 0 spiro atoms. The number of nitro benzene ring substituents is 1. The largest absolute Gasteiger partial charge is 0.497 e. The van der Waals surface area contributed by atoms with E-state index in [0.717, 1.165) is 11.3 Å². The van der Waals surface area contributed by atoms with Crippen LogP contribution >= 0.6 is 0 Å². The third-order valence-corrected chi connectivity index (χ3v) is 6.23. The fraction of sp³-hybridized carbons (Fsp3) is 0.259. The first-order valence-electron chi connectivity index (χ1n) is 11.5. The van der Waals surface area contributed by atoms with Gasteiger partial charge in [-0.3, -0.25) is 19.7 Å². The quantitative estimate of drug-likeness (QED) is 0.278. The Morgan fingerprint density at radius 3 is 2.23 bits per heavy atom. The molecule has 4 rings (SSSR count). The van der Waals surface area contributed by atoms with Gasteiger partial charge < -0.3 is 14.5 Å². The number of hydrogen-bond acceptors (Lipinski definition) is 6. The molecule has 0 aliphatic carbocycles. The fourth-order valence-corrected chi connectivity index (χ4v) is 4.23. The van der Waals surface area contributed by atoms with Gasteiger partial charge in [0.25, 0.3) is 5.69 Å². The van der Waals surface area contributed by atoms with E-state index in [-0.39, 0.29) is 22.9 Å². The molecule has 1 aliphatic heterocycles. The molecule has 0 bridgehead atoms. The Bertz CT molecular complexity index is 1200. The first-order valence-corrected chi connectivity index (χ1v) is 11.5. The number of ketones is 1. The van der Waals surface area contributed by atoms with Crippen LogP contribution in [-0.2, 0) is 11.2 Å². The van der Waals surface area contributed by atoms with Gasteiger partial charge in [0.2, 0.25) is 5.91 Å². The van der Waals surface area contributed by atoms with Crippen molar-refractivity contribution in [1.82, 2.24) is 4.90 Å². The van der Waals surface area contributed by atoms with E-state index in [1.807, 2.05) is 35.2 Å². The average molecular weight is 474 g/mol. The van der Waals surface area contributed by atoms with Crippen molar-refractivity contribution in [2.75, 3.05) is 38.2 Å². The fourth-order valence-electron chi connectivity index (χ4n) is 4.23. The van der Waals surface area contributed by atoms with Crippen molar-refractivity contribution < 1.29 is 19.2 Å². The topological polar surface area (TPSA) is 93.0 Å². The monoisotopic (exact) mass is 473 g/mol. The second-order valence-electron chi connectivity index (χ2n) is 8.37. The van der Waals surface area contributed by atoms with Crippen molar-refractivity contribution in [3.63, 3.8) is 0 Å². The maximum Gasteiger partial charge on any atom is 0.293 e. The normalized spacial score (nSPS) is 13.4. The molecule has 1 saturated heterocycles. The van der Waals surface area contributed by atoms with Crippen LogP contribution in [0.1, 0.15) is 27.9 Å². The summed E-state index contributed by atoms with van der Waals surface area (Å²) in [6.45, 7) is 1.95. The molecule has 8 heteroatoms. The zero-order valence-electron chi connectivity index (χ0n) is 19.6. The van der Waals surface area contributed by atoms with E-state index in [4.69, 9.17) is 4.74 Å². The van der Waals surface area contributed by atoms with Crippen molar-refractivity contribution >= 4 is 23.1 Å². The van der Waals surface area contributed by atoms with E-state index in [9.17, 15) is 19.7 Å². The molecule has 1 fully saturated rings. The molecule has 0 N–H and O–H groups in total. The van der Waals surface area contributed by atoms with Crippen LogP contribution in [0.25, 0.3) is 0 Å². The highest BCUT2D eigenvalue weighted by Crippen LogP contribution is 2.31. The van der Waals surface area contributed by atoms with Crippen molar-refractivity contribution in [2.24, 2.45) is 0 Å². The minimum Gasteiger partial charge on any atom is -0.497 e. The van der Waals surface area contributed by atoms with Gasteiger partial charge in [-0.2, -0.15) is 0 Å². The Morgan fingerprint density at radius 1 is 0.914 bits per heavy atom. The number of carbonyl (C=O) groups is 2. The standard InChI is InChI=1S/C27H27N3O5/c1-35-23-11-7-20(8-12-23)9-14-26(31)29-17-15-28(16-18-29)24-13-10-22(19-25(24)30(33)34)27(32)21-5-3-2-4-6-21/h2-8,10-13,19H,9,14-18H2,1H3. The van der Waals surface area contributed by atoms with Gasteiger partial charge in [-0.25, -0.2) is 0 Å². The number of amides is 1. The van der Waals surface area contributed by atoms with Gasteiger partial charge in [0.05, 0.1) is 12.0 Å². The summed E-state index contributed by atoms with van der Waals surface area (Å²) >= 11 is 0. The lowest BCUT2D eigenvalue weighted by Crippen LogP contribution is -2.49. The van der Waals surface area contributed by atoms with Gasteiger partial charge in [-0.15, -0.1) is 0 Å². The van der Waals surface area contributed by atoms with Gasteiger partial charge in [-0.1, -0.05) is 42.5 Å². The first kappa shape index (κ1) is 23.9. The molecule has 180 valence electrons. The predicted octanol–water partition coefficient (Wildman–Crippen LogP) is 4.12. The van der Waals surface area contributed by atoms with E-state index < -0.39 is 4.92 Å². The van der Waals surface area contributed by atoms with Crippen LogP contribution in [0.5, 0.6) is 5.75 Å². The number of methoxy groups -OCH3 is 1. The molecule has 0 aromatic heterocycles. The highest BCUT2D eigenvalue weighted by molar-refractivity contribution is 6.09. The molecular formula is C27H27N3O5. The van der Waals surface area contributed by atoms with Crippen LogP contribution in [0.3, 0.4) is 0 Å². The third-order valence-electron chi connectivity index (χ3n) is 6.23. The summed E-state index contributed by atoms with van der Waals surface area (Å²) in [5, 5.41) is 11.8. The lowest BCUT2D eigenvalue weighted by atomic mass is 10.0. The van der Waals surface area contributed by atoms with E-state index in [1.165, 1.54) is 6.07 Å². The number of ether oxygens (including phenoxy) is 1. The molecule has 0 radical (unpaired) electrons. The lowest BCUT2D eigenvalue weighted by Gasteiger charge is -2.36. The molecule has 1 aliphatic rings. The molecule has 1 heterocycles. The minimum atomic E-state index is -0.455. The second kappa shape index (κ2) is 10.8. The number of carbonyl (C=O) groups excluding carboxylic acids is 2. The number of anilines is 1. The number of hydrogen-bond donors (Lipinski definition) is 0. The molecule has 0 atom stereocenters. The maximum atomic E-state index is 12.7. The summed E-state index contributed by atoms with van der Waals surface area (Å²) in [6.07, 6.45) is 1.05. The van der Waals surface area contributed by atoms with Crippen LogP contribution in [0.4, 0.5) is 11.4 Å². The summed E-state index contributed by atoms with van der Waals surface area (Å²) in [7, 11) is 1.62. The summed E-state index contributed by atoms with van der Waals surface area (Å²) in [4.78, 5) is 40.5. The molecule has 35 heavy (non-hydrogen) atoms. The van der Waals surface area contributed by atoms with Gasteiger partial charge in [0.15, 0.2) is 5.78 Å². The number of nitro groups is 1.